The second-order valence-electron chi connectivity index (χ2n) is 8.49. The van der Waals surface area contributed by atoms with Gasteiger partial charge in [-0.2, -0.15) is 0 Å². The van der Waals surface area contributed by atoms with Crippen LogP contribution in [0.4, 0.5) is 4.39 Å². The van der Waals surface area contributed by atoms with E-state index in [2.05, 4.69) is 19.2 Å². The number of hydrogen-bond acceptors (Lipinski definition) is 4. The Morgan fingerprint density at radius 1 is 1.29 bits per heavy atom. The molecule has 0 aromatic heterocycles. The topological polar surface area (TPSA) is 69.6 Å². The van der Waals surface area contributed by atoms with Crippen molar-refractivity contribution in [1.29, 1.82) is 0 Å². The largest absolute Gasteiger partial charge is 0.387 e. The van der Waals surface area contributed by atoms with Crippen LogP contribution in [0.2, 0.25) is 0 Å². The molecule has 1 aromatic carbocycles. The summed E-state index contributed by atoms with van der Waals surface area (Å²) in [7, 11) is -1.47. The molecule has 0 aliphatic heterocycles. The van der Waals surface area contributed by atoms with Crippen molar-refractivity contribution >= 4 is 22.4 Å². The Bertz CT molecular complexity index is 722. The highest BCUT2D eigenvalue weighted by molar-refractivity contribution is 7.88. The van der Waals surface area contributed by atoms with Gasteiger partial charge in [-0.3, -0.25) is 0 Å². The van der Waals surface area contributed by atoms with Crippen LogP contribution in [-0.4, -0.2) is 49.3 Å². The lowest BCUT2D eigenvalue weighted by Crippen LogP contribution is -2.44. The molecule has 8 heteroatoms. The molecule has 28 heavy (non-hydrogen) atoms. The molecule has 1 aromatic rings. The molecule has 0 saturated heterocycles. The third-order valence-electron chi connectivity index (χ3n) is 5.66. The minimum absolute atomic E-state index is 0. The summed E-state index contributed by atoms with van der Waals surface area (Å²) in [5, 5.41) is 13.7. The number of β-amino-alcohol motifs (C(OH)–C–C–N with tert-alkyl or cyclic N) is 1. The lowest BCUT2D eigenvalue weighted by Gasteiger charge is -2.37. The fraction of sp³-hybridized carbons (Fsp3) is 0.700. The lowest BCUT2D eigenvalue weighted by atomic mass is 9.79. The van der Waals surface area contributed by atoms with Crippen LogP contribution in [0, 0.1) is 11.7 Å². The lowest BCUT2D eigenvalue weighted by molar-refractivity contribution is 0.146. The second kappa shape index (κ2) is 10.3. The van der Waals surface area contributed by atoms with Crippen LogP contribution in [0.25, 0.3) is 0 Å². The Labute approximate surface area is 175 Å². The maximum absolute atomic E-state index is 13.3. The number of hydrogen-bond donors (Lipinski definition) is 2. The normalized spacial score (nSPS) is 22.0. The van der Waals surface area contributed by atoms with Crippen molar-refractivity contribution < 1.29 is 17.9 Å². The van der Waals surface area contributed by atoms with E-state index >= 15 is 0 Å². The van der Waals surface area contributed by atoms with Gasteiger partial charge in [-0.1, -0.05) is 12.1 Å². The summed E-state index contributed by atoms with van der Waals surface area (Å²) in [5.41, 5.74) is 0.414. The number of rotatable bonds is 8. The molecule has 1 aliphatic rings. The first-order valence-corrected chi connectivity index (χ1v) is 11.4. The summed E-state index contributed by atoms with van der Waals surface area (Å²) in [6, 6.07) is 6.15. The zero-order chi connectivity index (χ0) is 20.2. The SMILES string of the molecule is CN(C1CCC(CC(C)(C)NC[C@H](O)c2cccc(F)c2)CC1)S(C)(=O)=O.Cl. The molecule has 1 atom stereocenters. The summed E-state index contributed by atoms with van der Waals surface area (Å²) >= 11 is 0. The summed E-state index contributed by atoms with van der Waals surface area (Å²) in [6.45, 7) is 4.59. The second-order valence-corrected chi connectivity index (χ2v) is 10.5. The molecule has 0 unspecified atom stereocenters. The molecular formula is C20H34ClFN2O3S. The van der Waals surface area contributed by atoms with Gasteiger partial charge in [0.15, 0.2) is 0 Å². The van der Waals surface area contributed by atoms with E-state index in [1.54, 1.807) is 19.2 Å². The number of aliphatic hydroxyl groups excluding tert-OH is 1. The summed E-state index contributed by atoms with van der Waals surface area (Å²) < 4.78 is 38.2. The molecular weight excluding hydrogens is 403 g/mol. The molecule has 2 N–H and O–H groups in total. The van der Waals surface area contributed by atoms with E-state index in [1.807, 2.05) is 0 Å². The van der Waals surface area contributed by atoms with E-state index in [0.29, 0.717) is 18.0 Å². The van der Waals surface area contributed by atoms with Gasteiger partial charge in [0.2, 0.25) is 10.0 Å². The monoisotopic (exact) mass is 436 g/mol. The smallest absolute Gasteiger partial charge is 0.211 e. The van der Waals surface area contributed by atoms with Gasteiger partial charge in [-0.25, -0.2) is 17.1 Å². The van der Waals surface area contributed by atoms with Crippen molar-refractivity contribution in [2.45, 2.75) is 63.6 Å². The van der Waals surface area contributed by atoms with Crippen LogP contribution < -0.4 is 5.32 Å². The molecule has 0 heterocycles. The van der Waals surface area contributed by atoms with Gasteiger partial charge in [-0.05, 0) is 69.6 Å². The molecule has 1 fully saturated rings. The van der Waals surface area contributed by atoms with Crippen LogP contribution >= 0.6 is 12.4 Å². The van der Waals surface area contributed by atoms with E-state index in [4.69, 9.17) is 0 Å². The van der Waals surface area contributed by atoms with E-state index < -0.39 is 16.1 Å². The highest BCUT2D eigenvalue weighted by Gasteiger charge is 2.31. The average molecular weight is 437 g/mol. The number of halogens is 2. The fourth-order valence-electron chi connectivity index (χ4n) is 3.98. The number of sulfonamides is 1. The predicted octanol–water partition coefficient (Wildman–Crippen LogP) is 3.49. The number of benzene rings is 1. The van der Waals surface area contributed by atoms with Crippen molar-refractivity contribution in [3.8, 4) is 0 Å². The van der Waals surface area contributed by atoms with Crippen molar-refractivity contribution in [2.24, 2.45) is 5.92 Å². The van der Waals surface area contributed by atoms with E-state index in [1.165, 1.54) is 22.7 Å². The molecule has 2 rings (SSSR count). The summed E-state index contributed by atoms with van der Waals surface area (Å²) in [6.07, 6.45) is 5.24. The first-order valence-electron chi connectivity index (χ1n) is 9.59. The Hall–Kier alpha value is -0.730. The van der Waals surface area contributed by atoms with Crippen molar-refractivity contribution in [3.05, 3.63) is 35.6 Å². The third kappa shape index (κ3) is 7.59. The van der Waals surface area contributed by atoms with Gasteiger partial charge in [0.05, 0.1) is 12.4 Å². The van der Waals surface area contributed by atoms with Crippen molar-refractivity contribution in [3.63, 3.8) is 0 Å². The molecule has 5 nitrogen and oxygen atoms in total. The van der Waals surface area contributed by atoms with E-state index in [0.717, 1.165) is 32.1 Å². The third-order valence-corrected chi connectivity index (χ3v) is 7.00. The molecule has 0 spiro atoms. The Morgan fingerprint density at radius 3 is 2.43 bits per heavy atom. The number of nitrogens with zero attached hydrogens (tertiary/aromatic N) is 1. The minimum atomic E-state index is -3.14. The standard InChI is InChI=1S/C20H33FN2O3S.ClH/c1-20(2,22-14-19(24)16-6-5-7-17(21)12-16)13-15-8-10-18(11-9-15)23(3)27(4,25)26;/h5-7,12,15,18-19,22,24H,8-11,13-14H2,1-4H3;1H/t15?,18?,19-;/m0./s1. The van der Waals surface area contributed by atoms with Crippen LogP contribution in [0.5, 0.6) is 0 Å². The Morgan fingerprint density at radius 2 is 1.89 bits per heavy atom. The van der Waals surface area contributed by atoms with Gasteiger partial charge in [0.25, 0.3) is 0 Å². The zero-order valence-electron chi connectivity index (χ0n) is 17.2. The highest BCUT2D eigenvalue weighted by Crippen LogP contribution is 2.33. The number of nitrogens with one attached hydrogen (secondary N) is 1. The Balaban J connectivity index is 0.00000392. The first-order chi connectivity index (χ1) is 12.5. The van der Waals surface area contributed by atoms with E-state index in [-0.39, 0.29) is 29.8 Å². The number of aliphatic hydroxyl groups is 1. The quantitative estimate of drug-likeness (QED) is 0.654. The van der Waals surface area contributed by atoms with Crippen LogP contribution in [0.1, 0.15) is 57.6 Å². The maximum Gasteiger partial charge on any atom is 0.211 e. The van der Waals surface area contributed by atoms with Crippen LogP contribution in [-0.2, 0) is 10.0 Å². The zero-order valence-corrected chi connectivity index (χ0v) is 18.8. The van der Waals surface area contributed by atoms with Crippen molar-refractivity contribution in [2.75, 3.05) is 19.8 Å². The first kappa shape index (κ1) is 25.3. The average Bonchev–Trinajstić information content (AvgIpc) is 2.58. The van der Waals surface area contributed by atoms with Gasteiger partial charge in [0.1, 0.15) is 5.82 Å². The minimum Gasteiger partial charge on any atom is -0.387 e. The van der Waals surface area contributed by atoms with Gasteiger partial charge in [0, 0.05) is 25.2 Å². The van der Waals surface area contributed by atoms with Crippen LogP contribution in [0.15, 0.2) is 24.3 Å². The molecule has 162 valence electrons. The molecule has 1 aliphatic carbocycles. The van der Waals surface area contributed by atoms with Gasteiger partial charge in [-0.15, -0.1) is 12.4 Å². The predicted molar refractivity (Wildman–Crippen MR) is 114 cm³/mol. The van der Waals surface area contributed by atoms with Gasteiger partial charge >= 0.3 is 0 Å². The molecule has 0 bridgehead atoms. The van der Waals surface area contributed by atoms with Gasteiger partial charge < -0.3 is 10.4 Å². The van der Waals surface area contributed by atoms with Crippen LogP contribution in [0.3, 0.4) is 0 Å². The maximum atomic E-state index is 13.3. The van der Waals surface area contributed by atoms with E-state index in [9.17, 15) is 17.9 Å². The molecule has 0 amide bonds. The molecule has 0 radical (unpaired) electrons. The fourth-order valence-corrected chi connectivity index (χ4v) is 4.73. The summed E-state index contributed by atoms with van der Waals surface area (Å²) in [4.78, 5) is 0. The summed E-state index contributed by atoms with van der Waals surface area (Å²) in [5.74, 6) is 0.185. The van der Waals surface area contributed by atoms with Crippen molar-refractivity contribution in [1.82, 2.24) is 9.62 Å². The Kier molecular flexibility index (Phi) is 9.35. The highest BCUT2D eigenvalue weighted by atomic mass is 35.5. The molecule has 1 saturated carbocycles.